The van der Waals surface area contributed by atoms with Gasteiger partial charge >= 0.3 is 5.97 Å². The van der Waals surface area contributed by atoms with E-state index in [1.807, 2.05) is 68.7 Å². The second-order valence-corrected chi connectivity index (χ2v) is 13.5. The Labute approximate surface area is 288 Å². The summed E-state index contributed by atoms with van der Waals surface area (Å²) in [6.07, 6.45) is 5.98. The van der Waals surface area contributed by atoms with Crippen LogP contribution in [0.3, 0.4) is 0 Å². The van der Waals surface area contributed by atoms with Crippen molar-refractivity contribution < 1.29 is 23.7 Å². The summed E-state index contributed by atoms with van der Waals surface area (Å²) in [5.41, 5.74) is 4.50. The number of esters is 1. The Balaban J connectivity index is 1.53. The minimum atomic E-state index is -1.00. The monoisotopic (exact) mass is 671 g/mol. The molecule has 0 saturated carbocycles. The van der Waals surface area contributed by atoms with Crippen LogP contribution in [0.1, 0.15) is 76.1 Å². The number of fused-ring (bicyclic) bond motifs is 1. The van der Waals surface area contributed by atoms with E-state index in [2.05, 4.69) is 35.3 Å². The topological polar surface area (TPSA) is 118 Å². The smallest absolute Gasteiger partial charge is 0.340 e. The molecule has 1 aromatic carbocycles. The number of hydrogen-bond donors (Lipinski definition) is 0. The normalized spacial score (nSPS) is 15.3. The lowest BCUT2D eigenvalue weighted by Crippen LogP contribution is -2.45. The van der Waals surface area contributed by atoms with Crippen LogP contribution >= 0.6 is 0 Å². The van der Waals surface area contributed by atoms with Gasteiger partial charge in [-0.3, -0.25) is 0 Å². The van der Waals surface area contributed by atoms with Crippen molar-refractivity contribution in [2.24, 2.45) is 0 Å². The lowest BCUT2D eigenvalue weighted by Gasteiger charge is -2.41. The van der Waals surface area contributed by atoms with Crippen LogP contribution in [0.4, 0.5) is 5.82 Å². The van der Waals surface area contributed by atoms with Crippen molar-refractivity contribution in [2.75, 3.05) is 37.8 Å². The minimum Gasteiger partial charge on any atom is -0.464 e. The first-order valence-electron chi connectivity index (χ1n) is 16.9. The van der Waals surface area contributed by atoms with E-state index in [1.54, 1.807) is 23.8 Å². The van der Waals surface area contributed by atoms with Crippen LogP contribution in [-0.2, 0) is 36.9 Å². The van der Waals surface area contributed by atoms with Crippen LogP contribution in [0, 0.1) is 6.92 Å². The molecular formula is C37H49N7O5. The number of anilines is 1. The van der Waals surface area contributed by atoms with Gasteiger partial charge in [0.2, 0.25) is 0 Å². The predicted octanol–water partition coefficient (Wildman–Crippen LogP) is 6.03. The van der Waals surface area contributed by atoms with Gasteiger partial charge in [-0.2, -0.15) is 9.61 Å². The number of nitrogens with zero attached hydrogens (tertiary/aromatic N) is 7. The molecule has 0 aliphatic carbocycles. The SMILES string of the molecule is C=CCOCc1ccccc1-c1cn(Cc2cc3nc(C)c([C@H](OC(C)(C)C)C(=O)OCC)c(N4CCC(C)(OCC=C)CC4)n3n2)nn1. The van der Waals surface area contributed by atoms with Gasteiger partial charge < -0.3 is 23.8 Å². The summed E-state index contributed by atoms with van der Waals surface area (Å²) in [4.78, 5) is 20.7. The number of carbonyl (C=O) groups is 1. The fourth-order valence-corrected chi connectivity index (χ4v) is 6.06. The van der Waals surface area contributed by atoms with E-state index in [9.17, 15) is 4.79 Å². The van der Waals surface area contributed by atoms with Gasteiger partial charge in [0.25, 0.3) is 0 Å². The highest BCUT2D eigenvalue weighted by atomic mass is 16.6. The van der Waals surface area contributed by atoms with Gasteiger partial charge in [-0.15, -0.1) is 18.3 Å². The fraction of sp³-hybridized carbons (Fsp3) is 0.486. The van der Waals surface area contributed by atoms with Crippen LogP contribution in [0.2, 0.25) is 0 Å². The quantitative estimate of drug-likeness (QED) is 0.0843. The van der Waals surface area contributed by atoms with E-state index < -0.39 is 17.7 Å². The number of ether oxygens (including phenoxy) is 4. The van der Waals surface area contributed by atoms with Crippen LogP contribution in [0.5, 0.6) is 0 Å². The van der Waals surface area contributed by atoms with Gasteiger partial charge in [0, 0.05) is 30.4 Å². The van der Waals surface area contributed by atoms with Gasteiger partial charge in [-0.1, -0.05) is 41.6 Å². The molecule has 12 nitrogen and oxygen atoms in total. The zero-order valence-corrected chi connectivity index (χ0v) is 29.6. The van der Waals surface area contributed by atoms with Crippen molar-refractivity contribution in [2.45, 2.75) is 84.8 Å². The zero-order valence-electron chi connectivity index (χ0n) is 29.6. The molecular weight excluding hydrogens is 622 g/mol. The molecule has 12 heteroatoms. The molecule has 0 N–H and O–H groups in total. The number of hydrogen-bond acceptors (Lipinski definition) is 10. The number of carbonyl (C=O) groups excluding carboxylic acids is 1. The molecule has 1 aliphatic heterocycles. The van der Waals surface area contributed by atoms with Crippen molar-refractivity contribution in [3.63, 3.8) is 0 Å². The van der Waals surface area contributed by atoms with Crippen molar-refractivity contribution in [1.82, 2.24) is 29.6 Å². The Kier molecular flexibility index (Phi) is 11.3. The van der Waals surface area contributed by atoms with E-state index in [0.29, 0.717) is 56.4 Å². The standard InChI is InChI=1S/C37H49N7O5/c1-9-20-46-25-27-14-12-13-15-29(27)30-24-43(41-39-30)23-28-22-31-38-26(4)32(33(35(45)47-11-3)49-36(5,6)7)34(44(31)40-28)42-18-16-37(8,17-19-42)48-21-10-2/h9-10,12-15,22,24,33H,1-2,11,16-21,23,25H2,3-8H3/t33-/m0/s1. The second kappa shape index (κ2) is 15.4. The fourth-order valence-electron chi connectivity index (χ4n) is 6.06. The molecule has 4 aromatic rings. The number of aryl methyl sites for hydroxylation is 1. The summed E-state index contributed by atoms with van der Waals surface area (Å²) in [6.45, 7) is 22.5. The molecule has 5 rings (SSSR count). The van der Waals surface area contributed by atoms with Crippen LogP contribution in [-0.4, -0.2) is 79.7 Å². The third-order valence-electron chi connectivity index (χ3n) is 8.41. The first-order valence-corrected chi connectivity index (χ1v) is 16.9. The maximum absolute atomic E-state index is 13.5. The molecule has 0 unspecified atom stereocenters. The second-order valence-electron chi connectivity index (χ2n) is 13.5. The highest BCUT2D eigenvalue weighted by molar-refractivity contribution is 5.80. The average Bonchev–Trinajstić information content (AvgIpc) is 3.69. The molecule has 0 spiro atoms. The molecule has 1 aliphatic rings. The Bertz CT molecular complexity index is 1760. The number of piperidine rings is 1. The summed E-state index contributed by atoms with van der Waals surface area (Å²) in [5.74, 6) is 0.298. The highest BCUT2D eigenvalue weighted by Crippen LogP contribution is 2.38. The van der Waals surface area contributed by atoms with Crippen LogP contribution in [0.15, 0.2) is 61.8 Å². The maximum Gasteiger partial charge on any atom is 0.340 e. The molecule has 0 radical (unpaired) electrons. The Hall–Kier alpha value is -4.39. The van der Waals surface area contributed by atoms with Crippen molar-refractivity contribution in [3.05, 3.63) is 84.4 Å². The number of rotatable bonds is 15. The Morgan fingerprint density at radius 2 is 1.86 bits per heavy atom. The maximum atomic E-state index is 13.5. The van der Waals surface area contributed by atoms with Crippen LogP contribution in [0.25, 0.3) is 16.9 Å². The van der Waals surface area contributed by atoms with Gasteiger partial charge in [0.1, 0.15) is 11.5 Å². The summed E-state index contributed by atoms with van der Waals surface area (Å²) in [6, 6.07) is 9.94. The Morgan fingerprint density at radius 1 is 1.12 bits per heavy atom. The summed E-state index contributed by atoms with van der Waals surface area (Å²) in [5, 5.41) is 13.9. The molecule has 1 atom stereocenters. The summed E-state index contributed by atoms with van der Waals surface area (Å²) in [7, 11) is 0. The van der Waals surface area contributed by atoms with Gasteiger partial charge in [0.15, 0.2) is 11.8 Å². The summed E-state index contributed by atoms with van der Waals surface area (Å²) < 4.78 is 27.4. The third kappa shape index (κ3) is 8.62. The van der Waals surface area contributed by atoms with E-state index in [0.717, 1.165) is 41.2 Å². The van der Waals surface area contributed by atoms with E-state index in [4.69, 9.17) is 29.0 Å². The largest absolute Gasteiger partial charge is 0.464 e. The Morgan fingerprint density at radius 3 is 2.55 bits per heavy atom. The molecule has 49 heavy (non-hydrogen) atoms. The first kappa shape index (κ1) is 35.9. The predicted molar refractivity (Wildman–Crippen MR) is 188 cm³/mol. The average molecular weight is 672 g/mol. The van der Waals surface area contributed by atoms with Crippen molar-refractivity contribution in [1.29, 1.82) is 0 Å². The van der Waals surface area contributed by atoms with E-state index >= 15 is 0 Å². The lowest BCUT2D eigenvalue weighted by molar-refractivity contribution is -0.166. The third-order valence-corrected chi connectivity index (χ3v) is 8.41. The molecule has 262 valence electrons. The lowest BCUT2D eigenvalue weighted by atomic mass is 9.92. The first-order chi connectivity index (χ1) is 23.4. The molecule has 3 aromatic heterocycles. The van der Waals surface area contributed by atoms with Gasteiger partial charge in [-0.05, 0) is 59.9 Å². The van der Waals surface area contributed by atoms with Crippen molar-refractivity contribution >= 4 is 17.4 Å². The van der Waals surface area contributed by atoms with Crippen molar-refractivity contribution in [3.8, 4) is 11.3 Å². The minimum absolute atomic E-state index is 0.230. The highest BCUT2D eigenvalue weighted by Gasteiger charge is 2.38. The molecule has 0 amide bonds. The van der Waals surface area contributed by atoms with Crippen LogP contribution < -0.4 is 4.90 Å². The molecule has 1 fully saturated rings. The van der Waals surface area contributed by atoms with Gasteiger partial charge in [0.05, 0.1) is 61.6 Å². The van der Waals surface area contributed by atoms with E-state index in [1.165, 1.54) is 0 Å². The number of benzene rings is 1. The van der Waals surface area contributed by atoms with E-state index in [-0.39, 0.29) is 12.2 Å². The number of aromatic nitrogens is 6. The van der Waals surface area contributed by atoms with Gasteiger partial charge in [-0.25, -0.2) is 14.5 Å². The molecule has 4 heterocycles. The summed E-state index contributed by atoms with van der Waals surface area (Å²) >= 11 is 0. The molecule has 0 bridgehead atoms. The zero-order chi connectivity index (χ0) is 35.2. The molecule has 1 saturated heterocycles.